The van der Waals surface area contributed by atoms with Gasteiger partial charge in [-0.05, 0) is 20.8 Å². The van der Waals surface area contributed by atoms with Crippen molar-refractivity contribution in [2.75, 3.05) is 0 Å². The zero-order chi connectivity index (χ0) is 10.9. The fraction of sp³-hybridized carbons (Fsp3) is 0.444. The number of carboxylic acid groups (broad SMARTS) is 1. The zero-order valence-electron chi connectivity index (χ0n) is 8.21. The van der Waals surface area contributed by atoms with Crippen LogP contribution in [0.3, 0.4) is 0 Å². The van der Waals surface area contributed by atoms with Crippen LogP contribution in [0.5, 0.6) is 0 Å². The third-order valence-electron chi connectivity index (χ3n) is 2.00. The van der Waals surface area contributed by atoms with Crippen molar-refractivity contribution in [1.82, 2.24) is 9.97 Å². The molecule has 1 atom stereocenters. The molecule has 0 aliphatic rings. The van der Waals surface area contributed by atoms with Crippen molar-refractivity contribution in [1.29, 1.82) is 0 Å². The van der Waals surface area contributed by atoms with Gasteiger partial charge in [0, 0.05) is 11.3 Å². The number of aryl methyl sites for hydroxylation is 2. The van der Waals surface area contributed by atoms with E-state index in [4.69, 9.17) is 16.7 Å². The largest absolute Gasteiger partial charge is 0.481 e. The molecule has 76 valence electrons. The highest BCUT2D eigenvalue weighted by molar-refractivity contribution is 6.30. The summed E-state index contributed by atoms with van der Waals surface area (Å²) in [6.45, 7) is 5.01. The highest BCUT2D eigenvalue weighted by atomic mass is 35.5. The van der Waals surface area contributed by atoms with Gasteiger partial charge in [-0.25, -0.2) is 9.97 Å². The molecule has 0 aliphatic heterocycles. The number of hydrogen-bond acceptors (Lipinski definition) is 3. The van der Waals surface area contributed by atoms with Gasteiger partial charge >= 0.3 is 5.97 Å². The lowest BCUT2D eigenvalue weighted by atomic mass is 10.0. The Bertz CT molecular complexity index is 356. The third-order valence-corrected chi connectivity index (χ3v) is 2.29. The van der Waals surface area contributed by atoms with E-state index in [0.717, 1.165) is 0 Å². The molecule has 0 aliphatic carbocycles. The first-order valence-electron chi connectivity index (χ1n) is 4.17. The van der Waals surface area contributed by atoms with E-state index in [9.17, 15) is 4.79 Å². The maximum atomic E-state index is 10.8. The van der Waals surface area contributed by atoms with Gasteiger partial charge in [0.25, 0.3) is 0 Å². The van der Waals surface area contributed by atoms with Crippen molar-refractivity contribution in [3.05, 3.63) is 22.2 Å². The smallest absolute Gasteiger partial charge is 0.310 e. The Kier molecular flexibility index (Phi) is 3.06. The molecule has 4 nitrogen and oxygen atoms in total. The van der Waals surface area contributed by atoms with Crippen LogP contribution in [0.4, 0.5) is 0 Å². The predicted octanol–water partition coefficient (Wildman–Crippen LogP) is 1.93. The van der Waals surface area contributed by atoms with Crippen LogP contribution in [0.1, 0.15) is 29.9 Å². The lowest BCUT2D eigenvalue weighted by Gasteiger charge is -2.11. The van der Waals surface area contributed by atoms with Crippen LogP contribution in [-0.4, -0.2) is 21.0 Å². The van der Waals surface area contributed by atoms with E-state index < -0.39 is 11.9 Å². The number of aromatic nitrogens is 2. The van der Waals surface area contributed by atoms with E-state index >= 15 is 0 Å². The molecule has 14 heavy (non-hydrogen) atoms. The molecule has 1 aromatic heterocycles. The second-order valence-corrected chi connectivity index (χ2v) is 3.48. The fourth-order valence-corrected chi connectivity index (χ4v) is 1.72. The van der Waals surface area contributed by atoms with Gasteiger partial charge in [0.15, 0.2) is 0 Å². The Hall–Kier alpha value is -1.16. The molecule has 1 rings (SSSR count). The van der Waals surface area contributed by atoms with Crippen LogP contribution in [0.25, 0.3) is 0 Å². The van der Waals surface area contributed by atoms with Gasteiger partial charge in [0.2, 0.25) is 0 Å². The Morgan fingerprint density at radius 2 is 2.00 bits per heavy atom. The molecule has 1 aromatic rings. The number of rotatable bonds is 2. The van der Waals surface area contributed by atoms with Crippen LogP contribution < -0.4 is 0 Å². The Balaban J connectivity index is 3.27. The summed E-state index contributed by atoms with van der Waals surface area (Å²) in [5, 5.41) is 9.07. The molecule has 1 heterocycles. The van der Waals surface area contributed by atoms with Crippen molar-refractivity contribution in [2.45, 2.75) is 26.7 Å². The summed E-state index contributed by atoms with van der Waals surface area (Å²) < 4.78 is 0. The Labute approximate surface area is 87.0 Å². The second-order valence-electron chi connectivity index (χ2n) is 3.12. The molecule has 0 fully saturated rings. The summed E-state index contributed by atoms with van der Waals surface area (Å²) in [6, 6.07) is 0. The minimum Gasteiger partial charge on any atom is -0.481 e. The molecule has 1 unspecified atom stereocenters. The first-order valence-corrected chi connectivity index (χ1v) is 4.54. The molecular formula is C9H11ClN2O2. The molecule has 0 saturated heterocycles. The van der Waals surface area contributed by atoms with Crippen molar-refractivity contribution in [3.8, 4) is 0 Å². The van der Waals surface area contributed by atoms with E-state index in [2.05, 4.69) is 9.97 Å². The number of carbonyl (C=O) groups is 1. The van der Waals surface area contributed by atoms with Crippen molar-refractivity contribution in [3.63, 3.8) is 0 Å². The lowest BCUT2D eigenvalue weighted by molar-refractivity contribution is -0.138. The number of nitrogens with zero attached hydrogens (tertiary/aromatic N) is 2. The molecule has 1 N–H and O–H groups in total. The van der Waals surface area contributed by atoms with Gasteiger partial charge in [-0.2, -0.15) is 0 Å². The van der Waals surface area contributed by atoms with Gasteiger partial charge in [-0.3, -0.25) is 4.79 Å². The van der Waals surface area contributed by atoms with E-state index in [1.165, 1.54) is 0 Å². The topological polar surface area (TPSA) is 63.1 Å². The molecule has 0 radical (unpaired) electrons. The Morgan fingerprint density at radius 3 is 2.43 bits per heavy atom. The van der Waals surface area contributed by atoms with Crippen LogP contribution >= 0.6 is 11.6 Å². The maximum Gasteiger partial charge on any atom is 0.310 e. The zero-order valence-corrected chi connectivity index (χ0v) is 8.96. The summed E-state index contributed by atoms with van der Waals surface area (Å²) in [4.78, 5) is 18.8. The van der Waals surface area contributed by atoms with Gasteiger partial charge in [-0.1, -0.05) is 11.6 Å². The van der Waals surface area contributed by atoms with Crippen molar-refractivity contribution < 1.29 is 9.90 Å². The summed E-state index contributed by atoms with van der Waals surface area (Å²) >= 11 is 5.86. The maximum absolute atomic E-state index is 10.8. The van der Waals surface area contributed by atoms with Gasteiger partial charge in [-0.15, -0.1) is 0 Å². The second kappa shape index (κ2) is 3.92. The quantitative estimate of drug-likeness (QED) is 0.765. The number of aliphatic carboxylic acids is 1. The predicted molar refractivity (Wildman–Crippen MR) is 52.6 cm³/mol. The highest BCUT2D eigenvalue weighted by Crippen LogP contribution is 2.25. The molecule has 0 spiro atoms. The van der Waals surface area contributed by atoms with Crippen molar-refractivity contribution in [2.24, 2.45) is 0 Å². The molecule has 0 bridgehead atoms. The average Bonchev–Trinajstić information content (AvgIpc) is 2.01. The van der Waals surface area contributed by atoms with Gasteiger partial charge in [0.05, 0.1) is 5.92 Å². The monoisotopic (exact) mass is 214 g/mol. The minimum absolute atomic E-state index is 0.227. The van der Waals surface area contributed by atoms with E-state index in [1.54, 1.807) is 20.8 Å². The van der Waals surface area contributed by atoms with Crippen LogP contribution in [0.15, 0.2) is 0 Å². The minimum atomic E-state index is -0.928. The first kappa shape index (κ1) is 10.9. The normalized spacial score (nSPS) is 12.6. The Morgan fingerprint density at radius 1 is 1.43 bits per heavy atom. The summed E-state index contributed by atoms with van der Waals surface area (Å²) in [7, 11) is 0. The average molecular weight is 215 g/mol. The molecule has 0 aromatic carbocycles. The molecule has 5 heteroatoms. The lowest BCUT2D eigenvalue weighted by Crippen LogP contribution is -2.12. The van der Waals surface area contributed by atoms with Gasteiger partial charge in [0.1, 0.15) is 11.0 Å². The van der Waals surface area contributed by atoms with Crippen molar-refractivity contribution >= 4 is 17.6 Å². The molecular weight excluding hydrogens is 204 g/mol. The SMILES string of the molecule is Cc1nc(C)c(C(C)C(=O)O)c(Cl)n1. The van der Waals surface area contributed by atoms with Crippen LogP contribution in [0.2, 0.25) is 5.15 Å². The van der Waals surface area contributed by atoms with E-state index in [1.807, 2.05) is 0 Å². The van der Waals surface area contributed by atoms with E-state index in [0.29, 0.717) is 17.1 Å². The summed E-state index contributed by atoms with van der Waals surface area (Å²) in [5.41, 5.74) is 1.11. The summed E-state index contributed by atoms with van der Waals surface area (Å²) in [6.07, 6.45) is 0. The number of halogens is 1. The highest BCUT2D eigenvalue weighted by Gasteiger charge is 2.21. The number of hydrogen-bond donors (Lipinski definition) is 1. The molecule has 0 amide bonds. The van der Waals surface area contributed by atoms with Gasteiger partial charge < -0.3 is 5.11 Å². The standard InChI is InChI=1S/C9H11ClN2O2/c1-4(9(13)14)7-5(2)11-6(3)12-8(7)10/h4H,1-3H3,(H,13,14). The first-order chi connectivity index (χ1) is 6.43. The molecule has 0 saturated carbocycles. The van der Waals surface area contributed by atoms with Crippen LogP contribution in [-0.2, 0) is 4.79 Å². The number of carboxylic acids is 1. The summed E-state index contributed by atoms with van der Waals surface area (Å²) in [5.74, 6) is -1.06. The van der Waals surface area contributed by atoms with E-state index in [-0.39, 0.29) is 5.15 Å². The fourth-order valence-electron chi connectivity index (χ4n) is 1.29. The third kappa shape index (κ3) is 2.01. The van der Waals surface area contributed by atoms with Crippen LogP contribution in [0, 0.1) is 13.8 Å².